The molecule has 0 bridgehead atoms. The summed E-state index contributed by atoms with van der Waals surface area (Å²) in [7, 11) is -0.922. The van der Waals surface area contributed by atoms with Crippen molar-refractivity contribution < 1.29 is 22.7 Å². The predicted molar refractivity (Wildman–Crippen MR) is 117 cm³/mol. The highest BCUT2D eigenvalue weighted by atomic mass is 32.2. The second-order valence-electron chi connectivity index (χ2n) is 7.06. The number of carbonyl (C=O) groups excluding carboxylic acids is 1. The van der Waals surface area contributed by atoms with E-state index in [9.17, 15) is 13.2 Å². The minimum absolute atomic E-state index is 0.0321. The maximum absolute atomic E-state index is 13.1. The summed E-state index contributed by atoms with van der Waals surface area (Å²) >= 11 is 0. The molecule has 0 aliphatic rings. The quantitative estimate of drug-likeness (QED) is 0.379. The molecule has 2 aromatic heterocycles. The summed E-state index contributed by atoms with van der Waals surface area (Å²) in [5, 5.41) is 0. The number of sulfone groups is 1. The van der Waals surface area contributed by atoms with Gasteiger partial charge < -0.3 is 9.47 Å². The molecule has 0 radical (unpaired) electrons. The molecule has 9 heteroatoms. The van der Waals surface area contributed by atoms with Gasteiger partial charge in [0.05, 0.1) is 24.7 Å². The van der Waals surface area contributed by atoms with Gasteiger partial charge in [0.25, 0.3) is 0 Å². The van der Waals surface area contributed by atoms with E-state index >= 15 is 0 Å². The Morgan fingerprint density at radius 1 is 1.03 bits per heavy atom. The van der Waals surface area contributed by atoms with Crippen molar-refractivity contribution in [3.63, 3.8) is 0 Å². The number of imidazole rings is 1. The van der Waals surface area contributed by atoms with Gasteiger partial charge in [-0.3, -0.25) is 9.20 Å². The van der Waals surface area contributed by atoms with E-state index in [0.29, 0.717) is 23.5 Å². The summed E-state index contributed by atoms with van der Waals surface area (Å²) in [5.41, 5.74) is 1.35. The van der Waals surface area contributed by atoms with Gasteiger partial charge in [-0.1, -0.05) is 12.1 Å². The number of benzene rings is 2. The molecule has 0 aliphatic carbocycles. The van der Waals surface area contributed by atoms with E-state index < -0.39 is 9.84 Å². The molecule has 32 heavy (non-hydrogen) atoms. The Labute approximate surface area is 185 Å². The van der Waals surface area contributed by atoms with Crippen molar-refractivity contribution in [3.05, 3.63) is 78.4 Å². The summed E-state index contributed by atoms with van der Waals surface area (Å²) in [5.74, 6) is 1.14. The predicted octanol–water partition coefficient (Wildman–Crippen LogP) is 3.39. The molecule has 0 saturated heterocycles. The number of rotatable bonds is 8. The van der Waals surface area contributed by atoms with Crippen LogP contribution >= 0.6 is 0 Å². The molecule has 0 saturated carbocycles. The van der Waals surface area contributed by atoms with E-state index in [2.05, 4.69) is 9.97 Å². The van der Waals surface area contributed by atoms with Crippen LogP contribution in [0.15, 0.2) is 77.0 Å². The molecular formula is C23H21N3O5S. The highest BCUT2D eigenvalue weighted by Crippen LogP contribution is 2.32. The van der Waals surface area contributed by atoms with E-state index in [0.717, 1.165) is 5.56 Å². The molecule has 0 atom stereocenters. The van der Waals surface area contributed by atoms with Crippen LogP contribution < -0.4 is 9.47 Å². The highest BCUT2D eigenvalue weighted by Gasteiger charge is 2.23. The summed E-state index contributed by atoms with van der Waals surface area (Å²) < 4.78 is 38.3. The number of ether oxygens (including phenoxy) is 2. The number of carbonyl (C=O) groups is 1. The normalized spacial score (nSPS) is 11.4. The second-order valence-corrected chi connectivity index (χ2v) is 8.98. The van der Waals surface area contributed by atoms with Crippen LogP contribution in [-0.4, -0.2) is 42.8 Å². The lowest BCUT2D eigenvalue weighted by atomic mass is 10.0. The lowest BCUT2D eigenvalue weighted by Crippen LogP contribution is -2.06. The monoisotopic (exact) mass is 451 g/mol. The molecule has 0 spiro atoms. The Bertz CT molecular complexity index is 1380. The largest absolute Gasteiger partial charge is 0.497 e. The zero-order chi connectivity index (χ0) is 22.7. The summed E-state index contributed by atoms with van der Waals surface area (Å²) in [4.78, 5) is 20.9. The number of ketones is 1. The standard InChI is InChI=1S/C23H21N3O5S/c1-30-18-6-10-21(31-2)22(13-18)32(28,29)19-7-3-16(4-8-19)5-9-20(27)17-14-25-23-24-11-12-26(23)15-17/h3-4,6-8,10-15H,5,9H2,1-2H3. The van der Waals surface area contributed by atoms with Crippen molar-refractivity contribution in [1.82, 2.24) is 14.4 Å². The van der Waals surface area contributed by atoms with Gasteiger partial charge >= 0.3 is 0 Å². The molecular weight excluding hydrogens is 430 g/mol. The van der Waals surface area contributed by atoms with Gasteiger partial charge in [-0.15, -0.1) is 0 Å². The molecule has 0 amide bonds. The molecule has 0 fully saturated rings. The molecule has 2 aromatic carbocycles. The molecule has 8 nitrogen and oxygen atoms in total. The van der Waals surface area contributed by atoms with E-state index in [1.807, 2.05) is 0 Å². The second kappa shape index (κ2) is 8.80. The molecule has 0 aliphatic heterocycles. The molecule has 0 unspecified atom stereocenters. The van der Waals surface area contributed by atoms with Crippen molar-refractivity contribution in [2.24, 2.45) is 0 Å². The van der Waals surface area contributed by atoms with Gasteiger partial charge in [0.2, 0.25) is 15.6 Å². The minimum Gasteiger partial charge on any atom is -0.497 e. The van der Waals surface area contributed by atoms with E-state index in [-0.39, 0.29) is 27.7 Å². The van der Waals surface area contributed by atoms with Crippen LogP contribution in [0, 0.1) is 0 Å². The van der Waals surface area contributed by atoms with Crippen molar-refractivity contribution >= 4 is 21.4 Å². The Morgan fingerprint density at radius 3 is 2.53 bits per heavy atom. The number of hydrogen-bond donors (Lipinski definition) is 0. The zero-order valence-electron chi connectivity index (χ0n) is 17.6. The Balaban J connectivity index is 1.49. The van der Waals surface area contributed by atoms with Gasteiger partial charge in [-0.05, 0) is 36.2 Å². The fourth-order valence-corrected chi connectivity index (χ4v) is 4.75. The SMILES string of the molecule is COc1ccc(OC)c(S(=O)(=O)c2ccc(CCC(=O)c3cnc4nccn4c3)cc2)c1. The third-order valence-corrected chi connectivity index (χ3v) is 6.89. The molecule has 0 N–H and O–H groups in total. The number of fused-ring (bicyclic) bond motifs is 1. The molecule has 2 heterocycles. The highest BCUT2D eigenvalue weighted by molar-refractivity contribution is 7.91. The van der Waals surface area contributed by atoms with Gasteiger partial charge in [0.1, 0.15) is 16.4 Å². The van der Waals surface area contributed by atoms with E-state index in [1.165, 1.54) is 38.6 Å². The smallest absolute Gasteiger partial charge is 0.233 e. The minimum atomic E-state index is -3.81. The first kappa shape index (κ1) is 21.5. The maximum Gasteiger partial charge on any atom is 0.233 e. The first-order valence-electron chi connectivity index (χ1n) is 9.80. The van der Waals surface area contributed by atoms with Crippen LogP contribution in [0.3, 0.4) is 0 Å². The first-order chi connectivity index (χ1) is 15.4. The van der Waals surface area contributed by atoms with Crippen molar-refractivity contribution in [3.8, 4) is 11.5 Å². The van der Waals surface area contributed by atoms with Gasteiger partial charge in [-0.25, -0.2) is 18.4 Å². The van der Waals surface area contributed by atoms with Crippen molar-refractivity contribution in [1.29, 1.82) is 0 Å². The topological polar surface area (TPSA) is 99.9 Å². The van der Waals surface area contributed by atoms with E-state index in [4.69, 9.17) is 9.47 Å². The van der Waals surface area contributed by atoms with Crippen LogP contribution in [0.25, 0.3) is 5.78 Å². The number of aryl methyl sites for hydroxylation is 1. The lowest BCUT2D eigenvalue weighted by Gasteiger charge is -2.12. The van der Waals surface area contributed by atoms with Crippen LogP contribution in [0.4, 0.5) is 0 Å². The zero-order valence-corrected chi connectivity index (χ0v) is 18.4. The number of aromatic nitrogens is 3. The Morgan fingerprint density at radius 2 is 1.81 bits per heavy atom. The van der Waals surface area contributed by atoms with Crippen LogP contribution in [-0.2, 0) is 16.3 Å². The molecule has 4 aromatic rings. The van der Waals surface area contributed by atoms with Gasteiger partial charge in [0.15, 0.2) is 5.78 Å². The Kier molecular flexibility index (Phi) is 5.91. The average molecular weight is 452 g/mol. The van der Waals surface area contributed by atoms with E-state index in [1.54, 1.807) is 47.3 Å². The summed E-state index contributed by atoms with van der Waals surface area (Å²) in [6.45, 7) is 0. The van der Waals surface area contributed by atoms with Gasteiger partial charge in [-0.2, -0.15) is 0 Å². The number of nitrogens with zero attached hydrogens (tertiary/aromatic N) is 3. The molecule has 164 valence electrons. The van der Waals surface area contributed by atoms with Crippen LogP contribution in [0.1, 0.15) is 22.3 Å². The fourth-order valence-electron chi connectivity index (χ4n) is 3.32. The third kappa shape index (κ3) is 4.19. The fraction of sp³-hybridized carbons (Fsp3) is 0.174. The number of methoxy groups -OCH3 is 2. The average Bonchev–Trinajstić information content (AvgIpc) is 3.30. The summed E-state index contributed by atoms with van der Waals surface area (Å²) in [6, 6.07) is 11.1. The Hall–Kier alpha value is -3.72. The van der Waals surface area contributed by atoms with Gasteiger partial charge in [0, 0.05) is 37.3 Å². The van der Waals surface area contributed by atoms with Crippen molar-refractivity contribution in [2.45, 2.75) is 22.6 Å². The lowest BCUT2D eigenvalue weighted by molar-refractivity contribution is 0.0982. The van der Waals surface area contributed by atoms with Crippen molar-refractivity contribution in [2.75, 3.05) is 14.2 Å². The third-order valence-electron chi connectivity index (χ3n) is 5.10. The molecule has 4 rings (SSSR count). The van der Waals surface area contributed by atoms with Crippen LogP contribution in [0.2, 0.25) is 0 Å². The van der Waals surface area contributed by atoms with Crippen LogP contribution in [0.5, 0.6) is 11.5 Å². The maximum atomic E-state index is 13.1. The first-order valence-corrected chi connectivity index (χ1v) is 11.3. The number of Topliss-reactive ketones (excluding diaryl/α,β-unsaturated/α-hetero) is 1. The summed E-state index contributed by atoms with van der Waals surface area (Å²) in [6.07, 6.45) is 7.32. The number of hydrogen-bond acceptors (Lipinski definition) is 7.